The number of hydrogen-bond donors (Lipinski definition) is 0. The third-order valence-corrected chi connectivity index (χ3v) is 4.85. The van der Waals surface area contributed by atoms with Crippen molar-refractivity contribution in [2.45, 2.75) is 32.7 Å². The minimum atomic E-state index is -0.393. The van der Waals surface area contributed by atoms with E-state index in [-0.39, 0.29) is 12.5 Å². The van der Waals surface area contributed by atoms with Gasteiger partial charge in [-0.05, 0) is 42.3 Å². The van der Waals surface area contributed by atoms with Crippen molar-refractivity contribution in [2.24, 2.45) is 0 Å². The summed E-state index contributed by atoms with van der Waals surface area (Å²) in [4.78, 5) is 27.1. The molecular weight excluding hydrogens is 322 g/mol. The second-order valence-electron chi connectivity index (χ2n) is 5.69. The molecule has 2 aromatic rings. The molecule has 1 heterocycles. The van der Waals surface area contributed by atoms with Gasteiger partial charge in [0.1, 0.15) is 6.54 Å². The third kappa shape index (κ3) is 5.49. The first-order chi connectivity index (χ1) is 11.6. The van der Waals surface area contributed by atoms with E-state index in [0.29, 0.717) is 13.0 Å². The monoisotopic (exact) mass is 345 g/mol. The van der Waals surface area contributed by atoms with Gasteiger partial charge in [0, 0.05) is 17.8 Å². The van der Waals surface area contributed by atoms with Crippen LogP contribution in [0.15, 0.2) is 41.8 Å². The minimum Gasteiger partial charge on any atom is -0.468 e. The lowest BCUT2D eigenvalue weighted by atomic mass is 10.1. The average molecular weight is 345 g/mol. The average Bonchev–Trinajstić information content (AvgIpc) is 3.09. The molecular formula is C19H23NO3S. The molecule has 2 rings (SSSR count). The largest absolute Gasteiger partial charge is 0.468 e. The van der Waals surface area contributed by atoms with Crippen LogP contribution in [0.25, 0.3) is 0 Å². The number of amides is 1. The lowest BCUT2D eigenvalue weighted by Gasteiger charge is -2.22. The van der Waals surface area contributed by atoms with E-state index in [1.165, 1.54) is 12.0 Å². The van der Waals surface area contributed by atoms with Crippen molar-refractivity contribution >= 4 is 23.2 Å². The lowest BCUT2D eigenvalue weighted by molar-refractivity contribution is -0.147. The van der Waals surface area contributed by atoms with Crippen molar-refractivity contribution in [2.75, 3.05) is 13.7 Å². The van der Waals surface area contributed by atoms with E-state index < -0.39 is 5.97 Å². The maximum Gasteiger partial charge on any atom is 0.325 e. The zero-order valence-corrected chi connectivity index (χ0v) is 15.0. The summed E-state index contributed by atoms with van der Waals surface area (Å²) in [7, 11) is 1.34. The van der Waals surface area contributed by atoms with E-state index in [0.717, 1.165) is 24.0 Å². The van der Waals surface area contributed by atoms with Crippen LogP contribution in [0.4, 0.5) is 0 Å². The SMILES string of the molecule is COC(=O)CN(Cc1ccccc1C)C(=O)CCCc1cccs1. The zero-order chi connectivity index (χ0) is 17.4. The summed E-state index contributed by atoms with van der Waals surface area (Å²) in [6.07, 6.45) is 2.10. The molecule has 0 atom stereocenters. The van der Waals surface area contributed by atoms with Gasteiger partial charge in [-0.25, -0.2) is 0 Å². The molecule has 0 N–H and O–H groups in total. The number of aryl methyl sites for hydroxylation is 2. The van der Waals surface area contributed by atoms with Gasteiger partial charge in [-0.2, -0.15) is 0 Å². The Morgan fingerprint density at radius 2 is 1.96 bits per heavy atom. The molecule has 0 saturated heterocycles. The molecule has 0 fully saturated rings. The van der Waals surface area contributed by atoms with E-state index in [1.54, 1.807) is 16.2 Å². The Balaban J connectivity index is 1.97. The molecule has 24 heavy (non-hydrogen) atoms. The lowest BCUT2D eigenvalue weighted by Crippen LogP contribution is -2.35. The normalized spacial score (nSPS) is 10.4. The quantitative estimate of drug-likeness (QED) is 0.687. The molecule has 0 radical (unpaired) electrons. The molecule has 1 aromatic carbocycles. The summed E-state index contributed by atoms with van der Waals surface area (Å²) in [6.45, 7) is 2.43. The van der Waals surface area contributed by atoms with Crippen LogP contribution in [0.3, 0.4) is 0 Å². The maximum absolute atomic E-state index is 12.6. The highest BCUT2D eigenvalue weighted by Crippen LogP contribution is 2.15. The van der Waals surface area contributed by atoms with Gasteiger partial charge in [0.05, 0.1) is 7.11 Å². The van der Waals surface area contributed by atoms with E-state index >= 15 is 0 Å². The molecule has 0 aliphatic carbocycles. The highest BCUT2D eigenvalue weighted by molar-refractivity contribution is 7.09. The molecule has 0 spiro atoms. The van der Waals surface area contributed by atoms with Crippen molar-refractivity contribution < 1.29 is 14.3 Å². The Labute approximate surface area is 147 Å². The standard InChI is InChI=1S/C19H23NO3S/c1-15-7-3-4-8-16(15)13-20(14-19(22)23-2)18(21)11-5-9-17-10-6-12-24-17/h3-4,6-8,10,12H,5,9,11,13-14H2,1-2H3. The first kappa shape index (κ1) is 18.2. The Kier molecular flexibility index (Phi) is 7.00. The van der Waals surface area contributed by atoms with Gasteiger partial charge < -0.3 is 9.64 Å². The van der Waals surface area contributed by atoms with E-state index in [4.69, 9.17) is 4.74 Å². The molecule has 0 aliphatic rings. The molecule has 0 unspecified atom stereocenters. The zero-order valence-electron chi connectivity index (χ0n) is 14.2. The number of rotatable bonds is 8. The summed E-state index contributed by atoms with van der Waals surface area (Å²) >= 11 is 1.70. The van der Waals surface area contributed by atoms with Crippen molar-refractivity contribution in [3.8, 4) is 0 Å². The van der Waals surface area contributed by atoms with Crippen LogP contribution < -0.4 is 0 Å². The van der Waals surface area contributed by atoms with Gasteiger partial charge in [-0.15, -0.1) is 11.3 Å². The molecule has 0 saturated carbocycles. The van der Waals surface area contributed by atoms with E-state index in [9.17, 15) is 9.59 Å². The second-order valence-corrected chi connectivity index (χ2v) is 6.72. The number of benzene rings is 1. The molecule has 4 nitrogen and oxygen atoms in total. The fraction of sp³-hybridized carbons (Fsp3) is 0.368. The molecule has 1 amide bonds. The predicted molar refractivity (Wildman–Crippen MR) is 95.9 cm³/mol. The van der Waals surface area contributed by atoms with Crippen LogP contribution in [-0.2, 0) is 27.3 Å². The maximum atomic E-state index is 12.6. The summed E-state index contributed by atoms with van der Waals surface area (Å²) in [5.41, 5.74) is 2.16. The van der Waals surface area contributed by atoms with Gasteiger partial charge >= 0.3 is 5.97 Å². The number of hydrogen-bond acceptors (Lipinski definition) is 4. The van der Waals surface area contributed by atoms with Gasteiger partial charge in [0.2, 0.25) is 5.91 Å². The fourth-order valence-electron chi connectivity index (χ4n) is 2.47. The number of esters is 1. The highest BCUT2D eigenvalue weighted by atomic mass is 32.1. The van der Waals surface area contributed by atoms with Crippen LogP contribution in [-0.4, -0.2) is 30.4 Å². The minimum absolute atomic E-state index is 0.0112. The molecule has 1 aromatic heterocycles. The number of ether oxygens (including phenoxy) is 1. The molecule has 0 aliphatic heterocycles. The smallest absolute Gasteiger partial charge is 0.325 e. The van der Waals surface area contributed by atoms with Crippen LogP contribution in [0, 0.1) is 6.92 Å². The van der Waals surface area contributed by atoms with E-state index in [2.05, 4.69) is 6.07 Å². The van der Waals surface area contributed by atoms with Gasteiger partial charge in [0.15, 0.2) is 0 Å². The van der Waals surface area contributed by atoms with E-state index in [1.807, 2.05) is 42.6 Å². The number of nitrogens with zero attached hydrogens (tertiary/aromatic N) is 1. The van der Waals surface area contributed by atoms with Crippen molar-refractivity contribution in [3.63, 3.8) is 0 Å². The van der Waals surface area contributed by atoms with Gasteiger partial charge in [-0.1, -0.05) is 30.3 Å². The molecule has 128 valence electrons. The Hall–Kier alpha value is -2.14. The van der Waals surface area contributed by atoms with Gasteiger partial charge in [-0.3, -0.25) is 9.59 Å². The van der Waals surface area contributed by atoms with Crippen molar-refractivity contribution in [3.05, 3.63) is 57.8 Å². The van der Waals surface area contributed by atoms with Crippen molar-refractivity contribution in [1.29, 1.82) is 0 Å². The van der Waals surface area contributed by atoms with Gasteiger partial charge in [0.25, 0.3) is 0 Å². The predicted octanol–water partition coefficient (Wildman–Crippen LogP) is 3.58. The number of carbonyl (C=O) groups excluding carboxylic acids is 2. The van der Waals surface area contributed by atoms with Crippen LogP contribution >= 0.6 is 11.3 Å². The summed E-state index contributed by atoms with van der Waals surface area (Å²) in [6, 6.07) is 12.0. The summed E-state index contributed by atoms with van der Waals surface area (Å²) in [5, 5.41) is 2.04. The molecule has 5 heteroatoms. The van der Waals surface area contributed by atoms with Crippen molar-refractivity contribution in [1.82, 2.24) is 4.90 Å². The number of thiophene rings is 1. The topological polar surface area (TPSA) is 46.6 Å². The Bertz CT molecular complexity index is 667. The number of methoxy groups -OCH3 is 1. The fourth-order valence-corrected chi connectivity index (χ4v) is 3.22. The highest BCUT2D eigenvalue weighted by Gasteiger charge is 2.18. The van der Waals surface area contributed by atoms with Crippen LogP contribution in [0.2, 0.25) is 0 Å². The molecule has 0 bridgehead atoms. The first-order valence-corrected chi connectivity index (χ1v) is 8.89. The second kappa shape index (κ2) is 9.23. The summed E-state index contributed by atoms with van der Waals surface area (Å²) in [5.74, 6) is -0.407. The first-order valence-electron chi connectivity index (χ1n) is 8.01. The third-order valence-electron chi connectivity index (χ3n) is 3.92. The number of carbonyl (C=O) groups is 2. The van der Waals surface area contributed by atoms with Crippen LogP contribution in [0.5, 0.6) is 0 Å². The Morgan fingerprint density at radius 1 is 1.17 bits per heavy atom. The Morgan fingerprint density at radius 3 is 2.62 bits per heavy atom. The summed E-state index contributed by atoms with van der Waals surface area (Å²) < 4.78 is 4.73. The van der Waals surface area contributed by atoms with Crippen LogP contribution in [0.1, 0.15) is 28.8 Å².